The first-order chi connectivity index (χ1) is 8.25. The highest BCUT2D eigenvalue weighted by Gasteiger charge is 2.36. The molecule has 0 aromatic heterocycles. The minimum Gasteiger partial charge on any atom is -0.294 e. The summed E-state index contributed by atoms with van der Waals surface area (Å²) in [5, 5.41) is 0.682. The van der Waals surface area contributed by atoms with Crippen LogP contribution in [0.15, 0.2) is 18.2 Å². The normalized spacial score (nSPS) is 25.0. The lowest BCUT2D eigenvalue weighted by molar-refractivity contribution is 0.0869. The van der Waals surface area contributed by atoms with Crippen molar-refractivity contribution in [1.29, 1.82) is 0 Å². The maximum Gasteiger partial charge on any atom is 0.166 e. The van der Waals surface area contributed by atoms with Crippen molar-refractivity contribution in [3.63, 3.8) is 0 Å². The quantitative estimate of drug-likeness (QED) is 0.725. The van der Waals surface area contributed by atoms with Crippen molar-refractivity contribution in [3.8, 4) is 0 Å². The molecule has 1 unspecified atom stereocenters. The van der Waals surface area contributed by atoms with E-state index in [9.17, 15) is 4.79 Å². The van der Waals surface area contributed by atoms with Gasteiger partial charge in [0.15, 0.2) is 5.78 Å². The molecule has 0 spiro atoms. The number of fused-ring (bicyclic) bond motifs is 1. The Labute approximate surface area is 107 Å². The molecule has 2 heteroatoms. The molecule has 0 amide bonds. The van der Waals surface area contributed by atoms with E-state index >= 15 is 0 Å². The second-order valence-electron chi connectivity index (χ2n) is 5.37. The summed E-state index contributed by atoms with van der Waals surface area (Å²) in [4.78, 5) is 12.4. The number of halogens is 1. The second kappa shape index (κ2) is 4.45. The lowest BCUT2D eigenvalue weighted by Gasteiger charge is -2.26. The largest absolute Gasteiger partial charge is 0.294 e. The summed E-state index contributed by atoms with van der Waals surface area (Å²) in [7, 11) is 0. The van der Waals surface area contributed by atoms with Gasteiger partial charge in [-0.15, -0.1) is 0 Å². The predicted molar refractivity (Wildman–Crippen MR) is 69.6 cm³/mol. The Bertz CT molecular complexity index is 446. The van der Waals surface area contributed by atoms with Crippen LogP contribution in [-0.2, 0) is 6.42 Å². The van der Waals surface area contributed by atoms with Gasteiger partial charge < -0.3 is 0 Å². The number of Topliss-reactive ketones (excluding diaryl/α,β-unsaturated/α-hetero) is 1. The van der Waals surface area contributed by atoms with E-state index in [4.69, 9.17) is 11.6 Å². The van der Waals surface area contributed by atoms with Crippen molar-refractivity contribution in [3.05, 3.63) is 34.3 Å². The summed E-state index contributed by atoms with van der Waals surface area (Å²) in [6.07, 6.45) is 7.35. The molecule has 3 rings (SSSR count). The molecule has 0 N–H and O–H groups in total. The van der Waals surface area contributed by atoms with E-state index in [1.54, 1.807) is 0 Å². The van der Waals surface area contributed by atoms with Gasteiger partial charge in [-0.05, 0) is 42.9 Å². The zero-order valence-electron chi connectivity index (χ0n) is 9.92. The van der Waals surface area contributed by atoms with Gasteiger partial charge in [0.2, 0.25) is 0 Å². The molecule has 1 saturated carbocycles. The molecule has 1 atom stereocenters. The third-order valence-corrected chi connectivity index (χ3v) is 4.57. The van der Waals surface area contributed by atoms with E-state index < -0.39 is 0 Å². The van der Waals surface area contributed by atoms with E-state index in [0.29, 0.717) is 16.7 Å². The summed E-state index contributed by atoms with van der Waals surface area (Å²) in [6.45, 7) is 0. The van der Waals surface area contributed by atoms with Crippen molar-refractivity contribution < 1.29 is 4.79 Å². The third-order valence-electron chi connectivity index (χ3n) is 4.33. The molecule has 0 radical (unpaired) electrons. The van der Waals surface area contributed by atoms with Crippen LogP contribution in [0.3, 0.4) is 0 Å². The number of carbonyl (C=O) groups is 1. The van der Waals surface area contributed by atoms with E-state index in [1.807, 2.05) is 18.2 Å². The number of hydrogen-bond acceptors (Lipinski definition) is 1. The number of carbonyl (C=O) groups excluding carboxylic acids is 1. The fourth-order valence-electron chi connectivity index (χ4n) is 3.40. The molecule has 0 saturated heterocycles. The van der Waals surface area contributed by atoms with Gasteiger partial charge in [-0.2, -0.15) is 0 Å². The zero-order valence-corrected chi connectivity index (χ0v) is 10.7. The minimum absolute atomic E-state index is 0.240. The predicted octanol–water partition coefficient (Wildman–Crippen LogP) is 4.28. The van der Waals surface area contributed by atoms with Crippen molar-refractivity contribution in [2.45, 2.75) is 38.5 Å². The van der Waals surface area contributed by atoms with Crippen LogP contribution in [0.5, 0.6) is 0 Å². The molecule has 0 heterocycles. The van der Waals surface area contributed by atoms with Crippen molar-refractivity contribution in [2.24, 2.45) is 11.8 Å². The lowest BCUT2D eigenvalue weighted by Crippen LogP contribution is -2.22. The molecule has 1 fully saturated rings. The minimum atomic E-state index is 0.240. The fraction of sp³-hybridized carbons (Fsp3) is 0.533. The number of benzene rings is 1. The van der Waals surface area contributed by atoms with Gasteiger partial charge in [-0.1, -0.05) is 36.9 Å². The van der Waals surface area contributed by atoms with E-state index in [0.717, 1.165) is 12.0 Å². The summed E-state index contributed by atoms with van der Waals surface area (Å²) < 4.78 is 0. The molecular formula is C15H17ClO. The highest BCUT2D eigenvalue weighted by Crippen LogP contribution is 2.39. The van der Waals surface area contributed by atoms with Crippen LogP contribution in [0.4, 0.5) is 0 Å². The van der Waals surface area contributed by atoms with Gasteiger partial charge in [0.05, 0.1) is 0 Å². The molecule has 2 aliphatic carbocycles. The zero-order chi connectivity index (χ0) is 11.8. The van der Waals surface area contributed by atoms with Crippen LogP contribution >= 0.6 is 11.6 Å². The molecule has 0 bridgehead atoms. The van der Waals surface area contributed by atoms with Crippen LogP contribution in [0, 0.1) is 11.8 Å². The lowest BCUT2D eigenvalue weighted by atomic mass is 9.78. The van der Waals surface area contributed by atoms with Gasteiger partial charge in [-0.25, -0.2) is 0 Å². The Hall–Kier alpha value is -0.820. The van der Waals surface area contributed by atoms with Crippen molar-refractivity contribution in [1.82, 2.24) is 0 Å². The Kier molecular flexibility index (Phi) is 2.96. The summed E-state index contributed by atoms with van der Waals surface area (Å²) in [5.41, 5.74) is 2.09. The Morgan fingerprint density at radius 2 is 1.88 bits per heavy atom. The molecule has 1 aromatic rings. The standard InChI is InChI=1S/C15H17ClO/c16-12-7-6-11-8-13(15(17)14(11)9-12)10-4-2-1-3-5-10/h6-7,9-10,13H,1-5,8H2. The van der Waals surface area contributed by atoms with Gasteiger partial charge >= 0.3 is 0 Å². The van der Waals surface area contributed by atoms with Gasteiger partial charge in [0, 0.05) is 16.5 Å². The van der Waals surface area contributed by atoms with Crippen LogP contribution in [0.1, 0.15) is 48.0 Å². The SMILES string of the molecule is O=C1c2cc(Cl)ccc2CC1C1CCCCC1. The fourth-order valence-corrected chi connectivity index (χ4v) is 3.57. The monoisotopic (exact) mass is 248 g/mol. The maximum atomic E-state index is 12.4. The summed E-state index contributed by atoms with van der Waals surface area (Å²) in [5.74, 6) is 1.19. The summed E-state index contributed by atoms with van der Waals surface area (Å²) in [6, 6.07) is 5.78. The Morgan fingerprint density at radius 1 is 1.12 bits per heavy atom. The van der Waals surface area contributed by atoms with Gasteiger partial charge in [-0.3, -0.25) is 4.79 Å². The van der Waals surface area contributed by atoms with Crippen molar-refractivity contribution in [2.75, 3.05) is 0 Å². The average molecular weight is 249 g/mol. The number of rotatable bonds is 1. The molecular weight excluding hydrogens is 232 g/mol. The molecule has 17 heavy (non-hydrogen) atoms. The Balaban J connectivity index is 1.85. The highest BCUT2D eigenvalue weighted by molar-refractivity contribution is 6.31. The van der Waals surface area contributed by atoms with Crippen LogP contribution in [-0.4, -0.2) is 5.78 Å². The van der Waals surface area contributed by atoms with Crippen LogP contribution in [0.2, 0.25) is 5.02 Å². The smallest absolute Gasteiger partial charge is 0.166 e. The second-order valence-corrected chi connectivity index (χ2v) is 5.81. The topological polar surface area (TPSA) is 17.1 Å². The third kappa shape index (κ3) is 2.01. The van der Waals surface area contributed by atoms with Crippen molar-refractivity contribution >= 4 is 17.4 Å². The first kappa shape index (κ1) is 11.3. The summed E-state index contributed by atoms with van der Waals surface area (Å²) >= 11 is 5.97. The molecule has 1 nitrogen and oxygen atoms in total. The Morgan fingerprint density at radius 3 is 2.65 bits per heavy atom. The van der Waals surface area contributed by atoms with Gasteiger partial charge in [0.1, 0.15) is 0 Å². The van der Waals surface area contributed by atoms with E-state index in [2.05, 4.69) is 0 Å². The highest BCUT2D eigenvalue weighted by atomic mass is 35.5. The van der Waals surface area contributed by atoms with E-state index in [1.165, 1.54) is 37.7 Å². The average Bonchev–Trinajstić information content (AvgIpc) is 2.68. The molecule has 1 aromatic carbocycles. The maximum absolute atomic E-state index is 12.4. The van der Waals surface area contributed by atoms with E-state index in [-0.39, 0.29) is 5.92 Å². The number of hydrogen-bond donors (Lipinski definition) is 0. The molecule has 90 valence electrons. The first-order valence-electron chi connectivity index (χ1n) is 6.58. The molecule has 0 aliphatic heterocycles. The number of ketones is 1. The van der Waals surface area contributed by atoms with Gasteiger partial charge in [0.25, 0.3) is 0 Å². The first-order valence-corrected chi connectivity index (χ1v) is 6.96. The van der Waals surface area contributed by atoms with Crippen LogP contribution < -0.4 is 0 Å². The van der Waals surface area contributed by atoms with Crippen LogP contribution in [0.25, 0.3) is 0 Å². The molecule has 2 aliphatic rings.